The Morgan fingerprint density at radius 2 is 1.95 bits per heavy atom. The van der Waals surface area contributed by atoms with E-state index in [1.807, 2.05) is 30.3 Å². The van der Waals surface area contributed by atoms with Crippen LogP contribution in [0.15, 0.2) is 54.3 Å². The van der Waals surface area contributed by atoms with Crippen molar-refractivity contribution in [3.63, 3.8) is 0 Å². The fraction of sp³-hybridized carbons (Fsp3) is 0.333. The Hall–Kier alpha value is -2.36. The van der Waals surface area contributed by atoms with Crippen LogP contribution in [0, 0.1) is 11.3 Å². The number of ether oxygens (including phenoxy) is 2. The van der Waals surface area contributed by atoms with Gasteiger partial charge in [0, 0.05) is 17.9 Å². The SMILES string of the molecule is C=C1[C@H](c2ccccc2)[C@H]2C[C@]1(C(=O)OC)C(=O)C=C2OC. The number of hydrogen-bond acceptors (Lipinski definition) is 4. The van der Waals surface area contributed by atoms with Crippen LogP contribution >= 0.6 is 0 Å². The van der Waals surface area contributed by atoms with E-state index in [1.165, 1.54) is 13.2 Å². The maximum absolute atomic E-state index is 12.6. The average Bonchev–Trinajstić information content (AvgIpc) is 2.82. The summed E-state index contributed by atoms with van der Waals surface area (Å²) in [5.41, 5.74) is 0.354. The summed E-state index contributed by atoms with van der Waals surface area (Å²) in [4.78, 5) is 25.0. The van der Waals surface area contributed by atoms with E-state index in [-0.39, 0.29) is 17.6 Å². The monoisotopic (exact) mass is 298 g/mol. The van der Waals surface area contributed by atoms with Crippen LogP contribution < -0.4 is 0 Å². The third kappa shape index (κ3) is 1.76. The molecule has 3 rings (SSSR count). The number of allylic oxidation sites excluding steroid dienone is 2. The molecule has 0 aromatic heterocycles. The Kier molecular flexibility index (Phi) is 3.39. The predicted octanol–water partition coefficient (Wildman–Crippen LogP) is 2.62. The first-order valence-corrected chi connectivity index (χ1v) is 7.19. The summed E-state index contributed by atoms with van der Waals surface area (Å²) in [6, 6.07) is 9.78. The van der Waals surface area contributed by atoms with E-state index in [9.17, 15) is 9.59 Å². The van der Waals surface area contributed by atoms with E-state index in [2.05, 4.69) is 6.58 Å². The van der Waals surface area contributed by atoms with Gasteiger partial charge in [0.2, 0.25) is 0 Å². The van der Waals surface area contributed by atoms with Gasteiger partial charge in [-0.25, -0.2) is 0 Å². The van der Waals surface area contributed by atoms with Gasteiger partial charge in [-0.1, -0.05) is 36.9 Å². The van der Waals surface area contributed by atoms with Gasteiger partial charge in [0.15, 0.2) is 11.2 Å². The molecule has 1 fully saturated rings. The van der Waals surface area contributed by atoms with Crippen LogP contribution in [0.5, 0.6) is 0 Å². The molecule has 114 valence electrons. The lowest BCUT2D eigenvalue weighted by atomic mass is 9.75. The molecule has 2 aliphatic carbocycles. The standard InChI is InChI=1S/C18H18O4/c1-11-16(12-7-5-4-6-8-12)13-10-18(11,17(20)22-3)15(19)9-14(13)21-2/h4-9,13,16H,1,10H2,2-3H3/t13-,16+,18+/m0/s1. The molecule has 4 heteroatoms. The molecule has 0 heterocycles. The number of esters is 1. The van der Waals surface area contributed by atoms with Crippen molar-refractivity contribution in [1.82, 2.24) is 0 Å². The van der Waals surface area contributed by atoms with E-state index in [0.29, 0.717) is 17.8 Å². The molecule has 2 bridgehead atoms. The average molecular weight is 298 g/mol. The summed E-state index contributed by atoms with van der Waals surface area (Å²) in [6.07, 6.45) is 1.79. The fourth-order valence-electron chi connectivity index (χ4n) is 3.76. The molecular formula is C18H18O4. The zero-order valence-electron chi connectivity index (χ0n) is 12.7. The Morgan fingerprint density at radius 3 is 2.55 bits per heavy atom. The molecule has 1 saturated carbocycles. The molecule has 0 N–H and O–H groups in total. The van der Waals surface area contributed by atoms with Crippen molar-refractivity contribution in [3.8, 4) is 0 Å². The van der Waals surface area contributed by atoms with E-state index in [0.717, 1.165) is 5.56 Å². The topological polar surface area (TPSA) is 52.6 Å². The van der Waals surface area contributed by atoms with Gasteiger partial charge < -0.3 is 9.47 Å². The summed E-state index contributed by atoms with van der Waals surface area (Å²) in [7, 11) is 2.85. The van der Waals surface area contributed by atoms with Crippen molar-refractivity contribution in [2.24, 2.45) is 11.3 Å². The van der Waals surface area contributed by atoms with Gasteiger partial charge >= 0.3 is 5.97 Å². The largest absolute Gasteiger partial charge is 0.501 e. The van der Waals surface area contributed by atoms with Crippen LogP contribution in [0.2, 0.25) is 0 Å². The summed E-state index contributed by atoms with van der Waals surface area (Å²) < 4.78 is 10.3. The Bertz CT molecular complexity index is 674. The number of hydrogen-bond donors (Lipinski definition) is 0. The van der Waals surface area contributed by atoms with Crippen molar-refractivity contribution in [2.75, 3.05) is 14.2 Å². The number of ketones is 1. The summed E-state index contributed by atoms with van der Waals surface area (Å²) in [5.74, 6) is -0.417. The van der Waals surface area contributed by atoms with Crippen molar-refractivity contribution in [1.29, 1.82) is 0 Å². The highest BCUT2D eigenvalue weighted by Crippen LogP contribution is 2.59. The third-order valence-corrected chi connectivity index (χ3v) is 4.84. The maximum Gasteiger partial charge on any atom is 0.323 e. The van der Waals surface area contributed by atoms with Crippen molar-refractivity contribution in [3.05, 3.63) is 59.9 Å². The van der Waals surface area contributed by atoms with Gasteiger partial charge in [-0.15, -0.1) is 0 Å². The first-order chi connectivity index (χ1) is 10.6. The zero-order chi connectivity index (χ0) is 15.9. The molecule has 3 atom stereocenters. The molecule has 2 aliphatic rings. The minimum atomic E-state index is -1.28. The number of methoxy groups -OCH3 is 2. The third-order valence-electron chi connectivity index (χ3n) is 4.84. The number of carbonyl (C=O) groups is 2. The van der Waals surface area contributed by atoms with E-state index >= 15 is 0 Å². The van der Waals surface area contributed by atoms with Crippen molar-refractivity contribution in [2.45, 2.75) is 12.3 Å². The van der Waals surface area contributed by atoms with Crippen LogP contribution in [0.4, 0.5) is 0 Å². The van der Waals surface area contributed by atoms with Gasteiger partial charge in [-0.05, 0) is 17.6 Å². The lowest BCUT2D eigenvalue weighted by Gasteiger charge is -2.27. The summed E-state index contributed by atoms with van der Waals surface area (Å²) in [6.45, 7) is 4.10. The number of carbonyl (C=O) groups excluding carboxylic acids is 2. The number of benzene rings is 1. The van der Waals surface area contributed by atoms with Gasteiger partial charge in [0.25, 0.3) is 0 Å². The van der Waals surface area contributed by atoms with Crippen LogP contribution in [0.3, 0.4) is 0 Å². The second-order valence-electron chi connectivity index (χ2n) is 5.74. The van der Waals surface area contributed by atoms with Gasteiger partial charge in [0.05, 0.1) is 14.2 Å². The minimum absolute atomic E-state index is 0.0725. The Morgan fingerprint density at radius 1 is 1.27 bits per heavy atom. The van der Waals surface area contributed by atoms with Crippen LogP contribution in [0.1, 0.15) is 17.9 Å². The molecule has 1 aromatic rings. The molecule has 0 amide bonds. The van der Waals surface area contributed by atoms with E-state index in [1.54, 1.807) is 7.11 Å². The number of rotatable bonds is 3. The van der Waals surface area contributed by atoms with Gasteiger partial charge in [0.1, 0.15) is 5.76 Å². The minimum Gasteiger partial charge on any atom is -0.501 e. The lowest BCUT2D eigenvalue weighted by Crippen LogP contribution is -2.40. The summed E-state index contributed by atoms with van der Waals surface area (Å²) in [5, 5.41) is 0. The first kappa shape index (κ1) is 14.6. The molecular weight excluding hydrogens is 280 g/mol. The van der Waals surface area contributed by atoms with Crippen molar-refractivity contribution < 1.29 is 19.1 Å². The zero-order valence-corrected chi connectivity index (χ0v) is 12.7. The van der Waals surface area contributed by atoms with Crippen LogP contribution in [0.25, 0.3) is 0 Å². The van der Waals surface area contributed by atoms with E-state index < -0.39 is 11.4 Å². The highest BCUT2D eigenvalue weighted by atomic mass is 16.5. The lowest BCUT2D eigenvalue weighted by molar-refractivity contribution is -0.154. The van der Waals surface area contributed by atoms with Crippen LogP contribution in [-0.4, -0.2) is 26.0 Å². The van der Waals surface area contributed by atoms with Crippen LogP contribution in [-0.2, 0) is 19.1 Å². The van der Waals surface area contributed by atoms with E-state index in [4.69, 9.17) is 9.47 Å². The molecule has 22 heavy (non-hydrogen) atoms. The first-order valence-electron chi connectivity index (χ1n) is 7.19. The Labute approximate surface area is 129 Å². The molecule has 0 saturated heterocycles. The highest BCUT2D eigenvalue weighted by Gasteiger charge is 2.62. The maximum atomic E-state index is 12.6. The molecule has 0 aliphatic heterocycles. The smallest absolute Gasteiger partial charge is 0.323 e. The molecule has 0 radical (unpaired) electrons. The fourth-order valence-corrected chi connectivity index (χ4v) is 3.76. The number of fused-ring (bicyclic) bond motifs is 2. The predicted molar refractivity (Wildman–Crippen MR) is 81.0 cm³/mol. The normalized spacial score (nSPS) is 30.0. The molecule has 0 unspecified atom stereocenters. The van der Waals surface area contributed by atoms with Gasteiger partial charge in [-0.2, -0.15) is 0 Å². The second-order valence-corrected chi connectivity index (χ2v) is 5.74. The van der Waals surface area contributed by atoms with Crippen molar-refractivity contribution >= 4 is 11.8 Å². The second kappa shape index (κ2) is 5.13. The molecule has 4 nitrogen and oxygen atoms in total. The highest BCUT2D eigenvalue weighted by molar-refractivity contribution is 6.14. The Balaban J connectivity index is 2.16. The van der Waals surface area contributed by atoms with Gasteiger partial charge in [-0.3, -0.25) is 9.59 Å². The molecule has 0 spiro atoms. The quantitative estimate of drug-likeness (QED) is 0.489. The molecule has 1 aromatic carbocycles. The summed E-state index contributed by atoms with van der Waals surface area (Å²) >= 11 is 0.